The van der Waals surface area contributed by atoms with Crippen LogP contribution < -0.4 is 14.8 Å². The van der Waals surface area contributed by atoms with E-state index in [4.69, 9.17) is 9.47 Å². The molecule has 31 heavy (non-hydrogen) atoms. The van der Waals surface area contributed by atoms with Gasteiger partial charge in [-0.15, -0.1) is 12.4 Å². The number of hydrogen-bond acceptors (Lipinski definition) is 6. The number of rotatable bonds is 6. The van der Waals surface area contributed by atoms with Crippen LogP contribution in [0.2, 0.25) is 0 Å². The first kappa shape index (κ1) is 20.6. The Hall–Kier alpha value is -3.65. The van der Waals surface area contributed by atoms with Crippen LogP contribution in [0.5, 0.6) is 11.5 Å². The number of aromatic amines is 1. The van der Waals surface area contributed by atoms with Crippen LogP contribution in [0.25, 0.3) is 10.9 Å². The quantitative estimate of drug-likeness (QED) is 0.478. The summed E-state index contributed by atoms with van der Waals surface area (Å²) in [7, 11) is 1.58. The van der Waals surface area contributed by atoms with Gasteiger partial charge in [-0.3, -0.25) is 4.79 Å². The molecule has 0 bridgehead atoms. The van der Waals surface area contributed by atoms with Crippen molar-refractivity contribution in [2.75, 3.05) is 19.0 Å². The number of anilines is 1. The number of carbonyl (C=O) groups excluding carboxylic acids is 1. The third kappa shape index (κ3) is 3.77. The maximum atomic E-state index is 12.7. The van der Waals surface area contributed by atoms with E-state index >= 15 is 0 Å². The number of ether oxygens (including phenoxy) is 2. The van der Waals surface area contributed by atoms with Gasteiger partial charge in [-0.2, -0.15) is 0 Å². The normalized spacial score (nSPS) is 14.6. The van der Waals surface area contributed by atoms with Gasteiger partial charge in [0.1, 0.15) is 18.1 Å². The zero-order valence-corrected chi connectivity index (χ0v) is 17.5. The van der Waals surface area contributed by atoms with Crippen molar-refractivity contribution in [3.8, 4) is 11.5 Å². The number of fused-ring (bicyclic) bond motifs is 2. The lowest BCUT2D eigenvalue weighted by Gasteiger charge is -2.15. The minimum atomic E-state index is -0.498. The minimum Gasteiger partial charge on any atom is -0.493 e. The highest BCUT2D eigenvalue weighted by Gasteiger charge is 2.34. The Morgan fingerprint density at radius 2 is 1.97 bits per heavy atom. The van der Waals surface area contributed by atoms with E-state index in [0.717, 1.165) is 22.5 Å². The van der Waals surface area contributed by atoms with E-state index in [2.05, 4.69) is 25.3 Å². The topological polar surface area (TPSA) is 102 Å². The largest absolute Gasteiger partial charge is 0.493 e. The van der Waals surface area contributed by atoms with Crippen LogP contribution in [0.15, 0.2) is 55.1 Å². The fraction of sp³-hybridized carbons (Fsp3) is 0.182. The summed E-state index contributed by atoms with van der Waals surface area (Å²) in [5, 5.41) is 3.68. The number of methoxy groups -OCH3 is 1. The third-order valence-electron chi connectivity index (χ3n) is 5.17. The summed E-state index contributed by atoms with van der Waals surface area (Å²) in [6.07, 6.45) is 5.61. The molecule has 2 N–H and O–H groups in total. The molecule has 2 aromatic carbocycles. The van der Waals surface area contributed by atoms with Crippen LogP contribution in [0.3, 0.4) is 0 Å². The van der Waals surface area contributed by atoms with Crippen molar-refractivity contribution < 1.29 is 14.3 Å². The van der Waals surface area contributed by atoms with Crippen molar-refractivity contribution in [3.63, 3.8) is 0 Å². The molecule has 5 rings (SSSR count). The summed E-state index contributed by atoms with van der Waals surface area (Å²) in [6.45, 7) is 0.436. The van der Waals surface area contributed by atoms with Crippen LogP contribution in [0, 0.1) is 0 Å². The third-order valence-corrected chi connectivity index (χ3v) is 5.17. The number of aromatic nitrogens is 4. The van der Waals surface area contributed by atoms with Crippen LogP contribution in [-0.4, -0.2) is 39.6 Å². The second-order valence-corrected chi connectivity index (χ2v) is 6.92. The number of benzene rings is 2. The molecular formula is C22H20ClN5O3. The number of para-hydroxylation sites is 1. The molecule has 158 valence electrons. The van der Waals surface area contributed by atoms with Crippen molar-refractivity contribution in [2.24, 2.45) is 0 Å². The second-order valence-electron chi connectivity index (χ2n) is 6.92. The smallest absolute Gasteiger partial charge is 0.238 e. The molecule has 1 aliphatic rings. The fourth-order valence-corrected chi connectivity index (χ4v) is 3.76. The first-order valence-corrected chi connectivity index (χ1v) is 9.58. The van der Waals surface area contributed by atoms with Crippen LogP contribution in [-0.2, 0) is 11.2 Å². The molecule has 0 spiro atoms. The summed E-state index contributed by atoms with van der Waals surface area (Å²) in [5.74, 6) is 1.39. The standard InChI is InChI=1S/C22H19N5O3.ClH/c1-29-17-10-14-16(11-18(17)30-9-6-19-23-7-8-24-19)25-12-26-21(14)20-13-4-2-3-5-15(13)27-22(20)28;/h2-5,7-8,10-12,20H,6,9H2,1H3,(H,23,24)(H,27,28);1H. The summed E-state index contributed by atoms with van der Waals surface area (Å²) < 4.78 is 11.5. The van der Waals surface area contributed by atoms with Crippen molar-refractivity contribution >= 4 is 34.9 Å². The van der Waals surface area contributed by atoms with E-state index < -0.39 is 5.92 Å². The number of amides is 1. The monoisotopic (exact) mass is 437 g/mol. The van der Waals surface area contributed by atoms with Crippen LogP contribution in [0.1, 0.15) is 23.0 Å². The van der Waals surface area contributed by atoms with Crippen molar-refractivity contribution in [2.45, 2.75) is 12.3 Å². The predicted molar refractivity (Wildman–Crippen MR) is 118 cm³/mol. The average Bonchev–Trinajstić information content (AvgIpc) is 3.39. The highest BCUT2D eigenvalue weighted by atomic mass is 35.5. The SMILES string of the molecule is COc1cc2c(C3C(=O)Nc4ccccc43)ncnc2cc1OCCc1ncc[nH]1.Cl. The van der Waals surface area contributed by atoms with Gasteiger partial charge in [0.05, 0.1) is 24.9 Å². The van der Waals surface area contributed by atoms with Gasteiger partial charge < -0.3 is 19.8 Å². The summed E-state index contributed by atoms with van der Waals surface area (Å²) in [6, 6.07) is 11.3. The Morgan fingerprint density at radius 1 is 1.10 bits per heavy atom. The maximum Gasteiger partial charge on any atom is 0.238 e. The highest BCUT2D eigenvalue weighted by Crippen LogP contribution is 2.40. The van der Waals surface area contributed by atoms with E-state index in [0.29, 0.717) is 35.7 Å². The number of H-pyrrole nitrogens is 1. The Balaban J connectivity index is 0.00000231. The van der Waals surface area contributed by atoms with Crippen LogP contribution >= 0.6 is 12.4 Å². The second kappa shape index (κ2) is 8.61. The molecule has 0 aliphatic carbocycles. The molecule has 8 nitrogen and oxygen atoms in total. The predicted octanol–water partition coefficient (Wildman–Crippen LogP) is 3.49. The molecular weight excluding hydrogens is 418 g/mol. The number of halogens is 1. The van der Waals surface area contributed by atoms with Gasteiger partial charge in [0.2, 0.25) is 5.91 Å². The van der Waals surface area contributed by atoms with E-state index in [-0.39, 0.29) is 18.3 Å². The summed E-state index contributed by atoms with van der Waals surface area (Å²) in [4.78, 5) is 28.8. The van der Waals surface area contributed by atoms with E-state index in [9.17, 15) is 4.79 Å². The molecule has 1 unspecified atom stereocenters. The van der Waals surface area contributed by atoms with Crippen LogP contribution in [0.4, 0.5) is 5.69 Å². The number of carbonyl (C=O) groups is 1. The lowest BCUT2D eigenvalue weighted by atomic mass is 9.94. The average molecular weight is 438 g/mol. The van der Waals surface area contributed by atoms with Gasteiger partial charge in [-0.1, -0.05) is 18.2 Å². The lowest BCUT2D eigenvalue weighted by molar-refractivity contribution is -0.116. The number of nitrogens with one attached hydrogen (secondary N) is 2. The first-order chi connectivity index (χ1) is 14.7. The molecule has 0 fully saturated rings. The lowest BCUT2D eigenvalue weighted by Crippen LogP contribution is -2.15. The fourth-order valence-electron chi connectivity index (χ4n) is 3.76. The molecule has 0 radical (unpaired) electrons. The van der Waals surface area contributed by atoms with Gasteiger partial charge in [0.25, 0.3) is 0 Å². The highest BCUT2D eigenvalue weighted by molar-refractivity contribution is 6.06. The zero-order valence-electron chi connectivity index (χ0n) is 16.7. The molecule has 0 saturated heterocycles. The Morgan fingerprint density at radius 3 is 2.77 bits per heavy atom. The Labute approximate surface area is 184 Å². The van der Waals surface area contributed by atoms with Crippen molar-refractivity contribution in [1.82, 2.24) is 19.9 Å². The summed E-state index contributed by atoms with van der Waals surface area (Å²) >= 11 is 0. The van der Waals surface area contributed by atoms with E-state index in [1.807, 2.05) is 36.4 Å². The zero-order chi connectivity index (χ0) is 20.5. The first-order valence-electron chi connectivity index (χ1n) is 9.58. The van der Waals surface area contributed by atoms with E-state index in [1.54, 1.807) is 19.5 Å². The number of nitrogens with zero attached hydrogens (tertiary/aromatic N) is 3. The Kier molecular flexibility index (Phi) is 5.73. The number of imidazole rings is 1. The molecule has 2 aromatic heterocycles. The van der Waals surface area contributed by atoms with Gasteiger partial charge in [0, 0.05) is 36.0 Å². The minimum absolute atomic E-state index is 0. The molecule has 1 amide bonds. The Bertz CT molecular complexity index is 1230. The molecule has 4 aromatic rings. The summed E-state index contributed by atoms with van der Waals surface area (Å²) in [5.41, 5.74) is 3.04. The molecule has 0 saturated carbocycles. The van der Waals surface area contributed by atoms with Crippen molar-refractivity contribution in [1.29, 1.82) is 0 Å². The van der Waals surface area contributed by atoms with Gasteiger partial charge in [-0.05, 0) is 17.7 Å². The number of hydrogen-bond donors (Lipinski definition) is 2. The molecule has 9 heteroatoms. The molecule has 1 atom stereocenters. The maximum absolute atomic E-state index is 12.7. The van der Waals surface area contributed by atoms with E-state index in [1.165, 1.54) is 6.33 Å². The molecule has 3 heterocycles. The van der Waals surface area contributed by atoms with Gasteiger partial charge in [0.15, 0.2) is 11.5 Å². The van der Waals surface area contributed by atoms with Gasteiger partial charge >= 0.3 is 0 Å². The van der Waals surface area contributed by atoms with Crippen molar-refractivity contribution in [3.05, 3.63) is 72.2 Å². The molecule has 1 aliphatic heterocycles. The van der Waals surface area contributed by atoms with Gasteiger partial charge in [-0.25, -0.2) is 15.0 Å².